The number of carbonyl (C=O) groups excluding carboxylic acids is 1. The summed E-state index contributed by atoms with van der Waals surface area (Å²) in [5, 5.41) is 4.24. The Morgan fingerprint density at radius 3 is 2.65 bits per heavy atom. The van der Waals surface area contributed by atoms with Crippen molar-refractivity contribution in [3.8, 4) is 0 Å². The van der Waals surface area contributed by atoms with Crippen LogP contribution in [-0.4, -0.2) is 33.7 Å². The molecule has 0 aliphatic rings. The third kappa shape index (κ3) is 2.49. The topological polar surface area (TPSA) is 64.2 Å². The first-order valence-corrected chi connectivity index (χ1v) is 5.78. The molecule has 1 rings (SSSR count). The van der Waals surface area contributed by atoms with Gasteiger partial charge in [0, 0.05) is 20.1 Å². The molecular formula is C12H20N4O. The number of likely N-dealkylation sites (N-methyl/N-ethyl adjacent to an activating group) is 1. The van der Waals surface area contributed by atoms with Gasteiger partial charge in [-0.1, -0.05) is 13.0 Å². The minimum Gasteiger partial charge on any atom is -0.395 e. The van der Waals surface area contributed by atoms with Crippen molar-refractivity contribution in [3.63, 3.8) is 0 Å². The van der Waals surface area contributed by atoms with E-state index in [0.29, 0.717) is 24.5 Å². The van der Waals surface area contributed by atoms with Gasteiger partial charge in [-0.05, 0) is 13.3 Å². The number of rotatable bonds is 5. The zero-order valence-electron chi connectivity index (χ0n) is 10.7. The van der Waals surface area contributed by atoms with E-state index in [4.69, 9.17) is 5.73 Å². The van der Waals surface area contributed by atoms with E-state index in [1.54, 1.807) is 22.7 Å². The number of nitrogens with two attached hydrogens (primary N) is 1. The smallest absolute Gasteiger partial charge is 0.274 e. The summed E-state index contributed by atoms with van der Waals surface area (Å²) in [5.41, 5.74) is 7.67. The second kappa shape index (κ2) is 5.52. The number of hydrogen-bond donors (Lipinski definition) is 1. The zero-order valence-corrected chi connectivity index (χ0v) is 10.7. The van der Waals surface area contributed by atoms with Gasteiger partial charge in [-0.3, -0.25) is 9.48 Å². The van der Waals surface area contributed by atoms with Crippen molar-refractivity contribution in [3.05, 3.63) is 24.0 Å². The van der Waals surface area contributed by atoms with E-state index in [2.05, 4.69) is 11.7 Å². The van der Waals surface area contributed by atoms with Gasteiger partial charge in [0.2, 0.25) is 0 Å². The fraction of sp³-hybridized carbons (Fsp3) is 0.500. The van der Waals surface area contributed by atoms with Crippen molar-refractivity contribution in [1.29, 1.82) is 0 Å². The quantitative estimate of drug-likeness (QED) is 0.782. The molecular weight excluding hydrogens is 216 g/mol. The fourth-order valence-electron chi connectivity index (χ4n) is 1.77. The average Bonchev–Trinajstić information content (AvgIpc) is 2.60. The van der Waals surface area contributed by atoms with Gasteiger partial charge in [-0.2, -0.15) is 5.10 Å². The molecule has 0 atom stereocenters. The monoisotopic (exact) mass is 236 g/mol. The van der Waals surface area contributed by atoms with Crippen molar-refractivity contribution < 1.29 is 4.79 Å². The molecule has 1 heterocycles. The van der Waals surface area contributed by atoms with Gasteiger partial charge in [0.1, 0.15) is 5.69 Å². The Morgan fingerprint density at radius 1 is 1.59 bits per heavy atom. The number of nitrogens with zero attached hydrogens (tertiary/aromatic N) is 3. The lowest BCUT2D eigenvalue weighted by Crippen LogP contribution is -2.32. The highest BCUT2D eigenvalue weighted by Gasteiger charge is 2.22. The maximum atomic E-state index is 12.3. The lowest BCUT2D eigenvalue weighted by atomic mass is 10.2. The number of aryl methyl sites for hydroxylation is 2. The van der Waals surface area contributed by atoms with E-state index in [1.807, 2.05) is 13.8 Å². The van der Waals surface area contributed by atoms with Gasteiger partial charge in [0.15, 0.2) is 0 Å². The van der Waals surface area contributed by atoms with Gasteiger partial charge in [-0.15, -0.1) is 6.58 Å². The predicted octanol–water partition coefficient (Wildman–Crippen LogP) is 1.21. The first-order valence-electron chi connectivity index (χ1n) is 5.78. The second-order valence-corrected chi connectivity index (χ2v) is 3.82. The molecule has 1 aromatic heterocycles. The Morgan fingerprint density at radius 2 is 2.24 bits per heavy atom. The maximum Gasteiger partial charge on any atom is 0.274 e. The molecule has 5 heteroatoms. The van der Waals surface area contributed by atoms with Crippen LogP contribution in [0.1, 0.15) is 30.0 Å². The number of carbonyl (C=O) groups is 1. The number of amides is 1. The van der Waals surface area contributed by atoms with Crippen LogP contribution >= 0.6 is 0 Å². The average molecular weight is 236 g/mol. The summed E-state index contributed by atoms with van der Waals surface area (Å²) in [5.74, 6) is -0.0976. The fourth-order valence-corrected chi connectivity index (χ4v) is 1.77. The normalized spacial score (nSPS) is 10.3. The molecule has 0 aliphatic carbocycles. The first-order chi connectivity index (χ1) is 8.06. The van der Waals surface area contributed by atoms with Crippen molar-refractivity contribution in [1.82, 2.24) is 14.7 Å². The number of hydrogen-bond acceptors (Lipinski definition) is 3. The summed E-state index contributed by atoms with van der Waals surface area (Å²) in [7, 11) is 1.74. The van der Waals surface area contributed by atoms with Crippen LogP contribution in [0.25, 0.3) is 0 Å². The molecule has 0 aromatic carbocycles. The summed E-state index contributed by atoms with van der Waals surface area (Å²) in [6.07, 6.45) is 2.43. The third-order valence-corrected chi connectivity index (χ3v) is 2.72. The van der Waals surface area contributed by atoms with Crippen LogP contribution in [0, 0.1) is 0 Å². The molecule has 0 saturated carbocycles. The largest absolute Gasteiger partial charge is 0.395 e. The lowest BCUT2D eigenvalue weighted by Gasteiger charge is -2.19. The van der Waals surface area contributed by atoms with Gasteiger partial charge in [0.05, 0.1) is 11.4 Å². The molecule has 0 fully saturated rings. The summed E-state index contributed by atoms with van der Waals surface area (Å²) in [6, 6.07) is 0. The number of nitrogen functional groups attached to an aromatic ring is 1. The van der Waals surface area contributed by atoms with E-state index < -0.39 is 0 Å². The van der Waals surface area contributed by atoms with Crippen LogP contribution in [0.5, 0.6) is 0 Å². The van der Waals surface area contributed by atoms with Crippen molar-refractivity contribution in [2.45, 2.75) is 20.3 Å². The Hall–Kier alpha value is -1.78. The molecule has 17 heavy (non-hydrogen) atoms. The Labute approximate surface area is 102 Å². The lowest BCUT2D eigenvalue weighted by molar-refractivity contribution is 0.0772. The van der Waals surface area contributed by atoms with E-state index in [-0.39, 0.29) is 5.91 Å². The molecule has 0 saturated heterocycles. The zero-order chi connectivity index (χ0) is 13.0. The summed E-state index contributed by atoms with van der Waals surface area (Å²) < 4.78 is 1.56. The van der Waals surface area contributed by atoms with Gasteiger partial charge in [0.25, 0.3) is 5.91 Å². The molecule has 0 spiro atoms. The van der Waals surface area contributed by atoms with Crippen LogP contribution in [0.3, 0.4) is 0 Å². The van der Waals surface area contributed by atoms with Crippen molar-refractivity contribution in [2.24, 2.45) is 7.05 Å². The minimum absolute atomic E-state index is 0.0976. The van der Waals surface area contributed by atoms with E-state index in [9.17, 15) is 4.79 Å². The van der Waals surface area contributed by atoms with E-state index in [1.165, 1.54) is 0 Å². The first kappa shape index (κ1) is 13.3. The highest BCUT2D eigenvalue weighted by atomic mass is 16.2. The predicted molar refractivity (Wildman–Crippen MR) is 68.8 cm³/mol. The number of anilines is 1. The summed E-state index contributed by atoms with van der Waals surface area (Å²) >= 11 is 0. The van der Waals surface area contributed by atoms with Crippen LogP contribution < -0.4 is 5.73 Å². The third-order valence-electron chi connectivity index (χ3n) is 2.72. The SMILES string of the molecule is C=CCN(CC)C(=O)c1c(N)c(CC)nn1C. The van der Waals surface area contributed by atoms with Crippen LogP contribution in [0.2, 0.25) is 0 Å². The van der Waals surface area contributed by atoms with Crippen molar-refractivity contribution >= 4 is 11.6 Å². The Kier molecular flexibility index (Phi) is 4.31. The van der Waals surface area contributed by atoms with Gasteiger partial charge in [-0.25, -0.2) is 0 Å². The molecule has 1 aromatic rings. The molecule has 94 valence electrons. The standard InChI is InChI=1S/C12H20N4O/c1-5-8-16(7-3)12(17)11-10(13)9(6-2)14-15(11)4/h5H,1,6-8,13H2,2-4H3. The highest BCUT2D eigenvalue weighted by molar-refractivity contribution is 5.98. The van der Waals surface area contributed by atoms with Gasteiger partial charge < -0.3 is 10.6 Å². The molecule has 0 radical (unpaired) electrons. The van der Waals surface area contributed by atoms with Crippen LogP contribution in [0.15, 0.2) is 12.7 Å². The minimum atomic E-state index is -0.0976. The molecule has 5 nitrogen and oxygen atoms in total. The summed E-state index contributed by atoms with van der Waals surface area (Å²) in [4.78, 5) is 14.0. The maximum absolute atomic E-state index is 12.3. The highest BCUT2D eigenvalue weighted by Crippen LogP contribution is 2.18. The molecule has 0 bridgehead atoms. The molecule has 2 N–H and O–H groups in total. The van der Waals surface area contributed by atoms with E-state index >= 15 is 0 Å². The second-order valence-electron chi connectivity index (χ2n) is 3.82. The molecule has 1 amide bonds. The van der Waals surface area contributed by atoms with Crippen molar-refractivity contribution in [2.75, 3.05) is 18.8 Å². The Balaban J connectivity index is 3.10. The van der Waals surface area contributed by atoms with Crippen LogP contribution in [-0.2, 0) is 13.5 Å². The van der Waals surface area contributed by atoms with Crippen LogP contribution in [0.4, 0.5) is 5.69 Å². The molecule has 0 unspecified atom stereocenters. The summed E-state index contributed by atoms with van der Waals surface area (Å²) in [6.45, 7) is 8.67. The number of aromatic nitrogens is 2. The Bertz CT molecular complexity index is 422. The molecule has 0 aliphatic heterocycles. The van der Waals surface area contributed by atoms with E-state index in [0.717, 1.165) is 12.1 Å². The van der Waals surface area contributed by atoms with Gasteiger partial charge >= 0.3 is 0 Å².